The molecule has 3 aromatic carbocycles. The summed E-state index contributed by atoms with van der Waals surface area (Å²) >= 11 is 6.09. The van der Waals surface area contributed by atoms with Crippen LogP contribution in [0.3, 0.4) is 0 Å². The van der Waals surface area contributed by atoms with Crippen LogP contribution in [0.15, 0.2) is 77.7 Å². The van der Waals surface area contributed by atoms with Gasteiger partial charge < -0.3 is 14.8 Å². The predicted molar refractivity (Wildman–Crippen MR) is 122 cm³/mol. The number of fused-ring (bicyclic) bond motifs is 1. The molecule has 10 heteroatoms. The van der Waals surface area contributed by atoms with Gasteiger partial charge in [0, 0.05) is 5.02 Å². The number of carbonyl (C=O) groups excluding carboxylic acids is 1. The highest BCUT2D eigenvalue weighted by atomic mass is 35.5. The summed E-state index contributed by atoms with van der Waals surface area (Å²) < 4.78 is 52.0. The van der Waals surface area contributed by atoms with E-state index in [-0.39, 0.29) is 41.8 Å². The molecule has 1 N–H and O–H groups in total. The number of nitrogens with one attached hydrogen (secondary N) is 1. The Morgan fingerprint density at radius 2 is 1.85 bits per heavy atom. The van der Waals surface area contributed by atoms with E-state index in [2.05, 4.69) is 5.32 Å². The highest BCUT2D eigenvalue weighted by Crippen LogP contribution is 2.38. The van der Waals surface area contributed by atoms with Crippen molar-refractivity contribution in [2.24, 2.45) is 0 Å². The average molecular weight is 491 g/mol. The Morgan fingerprint density at radius 3 is 2.58 bits per heavy atom. The number of benzene rings is 3. The zero-order chi connectivity index (χ0) is 23.4. The molecule has 4 rings (SSSR count). The van der Waals surface area contributed by atoms with Crippen molar-refractivity contribution in [1.29, 1.82) is 0 Å². The fraction of sp³-hybridized carbons (Fsp3) is 0.174. The molecule has 0 bridgehead atoms. The van der Waals surface area contributed by atoms with E-state index in [1.807, 2.05) is 0 Å². The number of anilines is 1. The van der Waals surface area contributed by atoms with Crippen LogP contribution in [0.5, 0.6) is 11.5 Å². The fourth-order valence-electron chi connectivity index (χ4n) is 3.30. The molecule has 0 spiro atoms. The first-order chi connectivity index (χ1) is 15.8. The fourth-order valence-corrected chi connectivity index (χ4v) is 4.95. The lowest BCUT2D eigenvalue weighted by molar-refractivity contribution is -0.127. The van der Waals surface area contributed by atoms with Crippen LogP contribution in [0.2, 0.25) is 5.02 Å². The summed E-state index contributed by atoms with van der Waals surface area (Å²) in [6.45, 7) is 0.0620. The van der Waals surface area contributed by atoms with Crippen LogP contribution in [-0.4, -0.2) is 40.1 Å². The summed E-state index contributed by atoms with van der Waals surface area (Å²) in [6.07, 6.45) is -1.08. The van der Waals surface area contributed by atoms with Gasteiger partial charge in [-0.15, -0.1) is 0 Å². The number of ether oxygens (including phenoxy) is 2. The number of amides is 1. The van der Waals surface area contributed by atoms with Gasteiger partial charge in [-0.3, -0.25) is 9.10 Å². The second-order valence-electron chi connectivity index (χ2n) is 7.16. The van der Waals surface area contributed by atoms with Crippen molar-refractivity contribution in [3.8, 4) is 11.5 Å². The number of rotatable bonds is 7. The SMILES string of the molecule is O=C(NCCOc1ccc(F)cc1)[C@@H]1CN(S(=O)(=O)c2ccccc2)c2cc(Cl)ccc2O1. The molecule has 0 unspecified atom stereocenters. The lowest BCUT2D eigenvalue weighted by atomic mass is 10.2. The van der Waals surface area contributed by atoms with E-state index in [9.17, 15) is 17.6 Å². The molecule has 1 amide bonds. The second kappa shape index (κ2) is 9.68. The normalized spacial score (nSPS) is 15.3. The van der Waals surface area contributed by atoms with Crippen molar-refractivity contribution in [2.45, 2.75) is 11.0 Å². The molecule has 0 radical (unpaired) electrons. The van der Waals surface area contributed by atoms with E-state index in [1.165, 1.54) is 48.5 Å². The predicted octanol–water partition coefficient (Wildman–Crippen LogP) is 3.63. The third-order valence-corrected chi connectivity index (χ3v) is 6.93. The highest BCUT2D eigenvalue weighted by molar-refractivity contribution is 7.92. The highest BCUT2D eigenvalue weighted by Gasteiger charge is 2.37. The first kappa shape index (κ1) is 22.9. The van der Waals surface area contributed by atoms with E-state index < -0.39 is 22.0 Å². The van der Waals surface area contributed by atoms with E-state index in [0.717, 1.165) is 4.31 Å². The monoisotopic (exact) mass is 490 g/mol. The van der Waals surface area contributed by atoms with Crippen LogP contribution in [0.25, 0.3) is 0 Å². The molecule has 3 aromatic rings. The summed E-state index contributed by atoms with van der Waals surface area (Å²) in [7, 11) is -3.96. The molecule has 1 heterocycles. The molecule has 7 nitrogen and oxygen atoms in total. The topological polar surface area (TPSA) is 84.9 Å². The lowest BCUT2D eigenvalue weighted by Gasteiger charge is -2.34. The van der Waals surface area contributed by atoms with Gasteiger partial charge >= 0.3 is 0 Å². The Bertz CT molecular complexity index is 1240. The molecule has 0 aliphatic carbocycles. The molecular formula is C23H20ClFN2O5S. The number of hydrogen-bond acceptors (Lipinski definition) is 5. The molecule has 0 saturated heterocycles. The van der Waals surface area contributed by atoms with Crippen LogP contribution in [-0.2, 0) is 14.8 Å². The second-order valence-corrected chi connectivity index (χ2v) is 9.46. The van der Waals surface area contributed by atoms with E-state index in [0.29, 0.717) is 10.8 Å². The largest absolute Gasteiger partial charge is 0.492 e. The van der Waals surface area contributed by atoms with Crippen molar-refractivity contribution in [1.82, 2.24) is 5.32 Å². The van der Waals surface area contributed by atoms with Crippen LogP contribution < -0.4 is 19.1 Å². The first-order valence-corrected chi connectivity index (χ1v) is 11.9. The van der Waals surface area contributed by atoms with E-state index in [4.69, 9.17) is 21.1 Å². The quantitative estimate of drug-likeness (QED) is 0.511. The van der Waals surface area contributed by atoms with Crippen LogP contribution >= 0.6 is 11.6 Å². The van der Waals surface area contributed by atoms with Gasteiger partial charge in [-0.1, -0.05) is 29.8 Å². The summed E-state index contributed by atoms with van der Waals surface area (Å²) in [5.74, 6) is -0.174. The maximum absolute atomic E-state index is 13.3. The van der Waals surface area contributed by atoms with Crippen molar-refractivity contribution >= 4 is 33.2 Å². The smallest absolute Gasteiger partial charge is 0.264 e. The van der Waals surface area contributed by atoms with Gasteiger partial charge in [-0.25, -0.2) is 12.8 Å². The van der Waals surface area contributed by atoms with Crippen molar-refractivity contribution in [2.75, 3.05) is 24.0 Å². The molecule has 0 fully saturated rings. The molecular weight excluding hydrogens is 471 g/mol. The molecule has 33 heavy (non-hydrogen) atoms. The summed E-state index contributed by atoms with van der Waals surface area (Å²) in [4.78, 5) is 12.8. The molecule has 0 saturated carbocycles. The Morgan fingerprint density at radius 1 is 1.12 bits per heavy atom. The summed E-state index contributed by atoms with van der Waals surface area (Å²) in [5, 5.41) is 3.02. The maximum Gasteiger partial charge on any atom is 0.264 e. The van der Waals surface area contributed by atoms with Gasteiger partial charge in [0.15, 0.2) is 6.10 Å². The molecule has 172 valence electrons. The molecule has 1 aliphatic heterocycles. The van der Waals surface area contributed by atoms with Crippen molar-refractivity contribution < 1.29 is 27.1 Å². The third-order valence-electron chi connectivity index (χ3n) is 4.90. The zero-order valence-electron chi connectivity index (χ0n) is 17.3. The van der Waals surface area contributed by atoms with Crippen molar-refractivity contribution in [3.63, 3.8) is 0 Å². The number of sulfonamides is 1. The average Bonchev–Trinajstić information content (AvgIpc) is 2.82. The Kier molecular flexibility index (Phi) is 6.71. The Hall–Kier alpha value is -3.30. The van der Waals surface area contributed by atoms with Crippen LogP contribution in [0.4, 0.5) is 10.1 Å². The van der Waals surface area contributed by atoms with Crippen molar-refractivity contribution in [3.05, 3.63) is 83.6 Å². The standard InChI is InChI=1S/C23H20ClFN2O5S/c24-16-6-11-21-20(14-16)27(33(29,30)19-4-2-1-3-5-19)15-22(32-21)23(28)26-12-13-31-18-9-7-17(25)8-10-18/h1-11,14,22H,12-13,15H2,(H,26,28)/t22-/m0/s1. The summed E-state index contributed by atoms with van der Waals surface area (Å²) in [6, 6.07) is 18.0. The van der Waals surface area contributed by atoms with E-state index in [1.54, 1.807) is 24.3 Å². The van der Waals surface area contributed by atoms with Gasteiger partial charge in [-0.2, -0.15) is 0 Å². The van der Waals surface area contributed by atoms with Gasteiger partial charge in [0.2, 0.25) is 0 Å². The van der Waals surface area contributed by atoms with Gasteiger partial charge in [0.05, 0.1) is 23.7 Å². The molecule has 1 atom stereocenters. The number of halogens is 2. The minimum absolute atomic E-state index is 0.0877. The summed E-state index contributed by atoms with van der Waals surface area (Å²) in [5.41, 5.74) is 0.259. The Labute approximate surface area is 195 Å². The minimum atomic E-state index is -3.96. The van der Waals surface area contributed by atoms with Gasteiger partial charge in [0.25, 0.3) is 15.9 Å². The minimum Gasteiger partial charge on any atom is -0.492 e. The number of hydrogen-bond donors (Lipinski definition) is 1. The maximum atomic E-state index is 13.3. The molecule has 0 aromatic heterocycles. The zero-order valence-corrected chi connectivity index (χ0v) is 18.9. The number of carbonyl (C=O) groups is 1. The third kappa shape index (κ3) is 5.20. The first-order valence-electron chi connectivity index (χ1n) is 10.0. The van der Waals surface area contributed by atoms with Gasteiger partial charge in [-0.05, 0) is 54.6 Å². The lowest BCUT2D eigenvalue weighted by Crippen LogP contribution is -2.51. The van der Waals surface area contributed by atoms with E-state index >= 15 is 0 Å². The number of nitrogens with zero attached hydrogens (tertiary/aromatic N) is 1. The van der Waals surface area contributed by atoms with Crippen LogP contribution in [0, 0.1) is 5.82 Å². The Balaban J connectivity index is 1.47. The van der Waals surface area contributed by atoms with Crippen LogP contribution in [0.1, 0.15) is 0 Å². The molecule has 1 aliphatic rings. The van der Waals surface area contributed by atoms with Gasteiger partial charge in [0.1, 0.15) is 23.9 Å².